The lowest BCUT2D eigenvalue weighted by Crippen LogP contribution is -2.04. The molecule has 1 aromatic rings. The fourth-order valence-corrected chi connectivity index (χ4v) is 0.434. The van der Waals surface area contributed by atoms with Crippen molar-refractivity contribution < 1.29 is 5.21 Å². The van der Waals surface area contributed by atoms with Crippen molar-refractivity contribution in [3.63, 3.8) is 0 Å². The summed E-state index contributed by atoms with van der Waals surface area (Å²) in [6.07, 6.45) is 2.95. The minimum Gasteiger partial charge on any atom is -0.733 e. The van der Waals surface area contributed by atoms with Gasteiger partial charge in [0.2, 0.25) is 0 Å². The van der Waals surface area contributed by atoms with Gasteiger partial charge in [-0.05, 0) is 6.07 Å². The molecule has 0 aliphatic rings. The topological polar surface area (TPSA) is 62.3 Å². The van der Waals surface area contributed by atoms with Gasteiger partial charge in [0.25, 0.3) is 0 Å². The molecule has 44 valence electrons. The van der Waals surface area contributed by atoms with Crippen molar-refractivity contribution in [3.8, 4) is 0 Å². The number of aromatic nitrogens is 1. The summed E-state index contributed by atoms with van der Waals surface area (Å²) in [6, 6.07) is 1.47. The zero-order valence-electron chi connectivity index (χ0n) is 4.03. The maximum absolute atomic E-state index is 9.96. The molecule has 0 aromatic carbocycles. The van der Waals surface area contributed by atoms with Gasteiger partial charge >= 0.3 is 0 Å². The Balaban J connectivity index is 2.77. The molecule has 4 nitrogen and oxygen atoms in total. The van der Waals surface area contributed by atoms with Gasteiger partial charge in [0.1, 0.15) is 0 Å². The van der Waals surface area contributed by atoms with E-state index in [1.165, 1.54) is 12.3 Å². The Bertz CT molecular complexity index is 147. The quantitative estimate of drug-likeness (QED) is 0.527. The van der Waals surface area contributed by atoms with E-state index in [1.54, 1.807) is 6.20 Å². The maximum Gasteiger partial charge on any atom is 0.0683 e. The van der Waals surface area contributed by atoms with Gasteiger partial charge in [-0.15, -0.1) is 0 Å². The third kappa shape index (κ3) is 0.800. The van der Waals surface area contributed by atoms with Gasteiger partial charge in [0, 0.05) is 12.4 Å². The predicted molar refractivity (Wildman–Crippen MR) is 28.4 cm³/mol. The van der Waals surface area contributed by atoms with E-state index < -0.39 is 0 Å². The molecule has 0 radical (unpaired) electrons. The summed E-state index contributed by atoms with van der Waals surface area (Å²) in [7, 11) is 0. The maximum atomic E-state index is 9.96. The largest absolute Gasteiger partial charge is 0.733 e. The number of aromatic amines is 1. The van der Waals surface area contributed by atoms with Crippen molar-refractivity contribution >= 4 is 5.69 Å². The molecule has 1 rings (SSSR count). The lowest BCUT2D eigenvalue weighted by Gasteiger charge is -2.18. The van der Waals surface area contributed by atoms with Crippen LogP contribution < -0.4 is 5.23 Å². The molecular weight excluding hydrogens is 108 g/mol. The van der Waals surface area contributed by atoms with Crippen LogP contribution in [0.15, 0.2) is 18.5 Å². The van der Waals surface area contributed by atoms with Crippen molar-refractivity contribution in [3.05, 3.63) is 23.7 Å². The Morgan fingerprint density at radius 3 is 2.75 bits per heavy atom. The normalized spacial score (nSPS) is 9.25. The van der Waals surface area contributed by atoms with E-state index in [0.29, 0.717) is 0 Å². The van der Waals surface area contributed by atoms with Crippen molar-refractivity contribution in [2.45, 2.75) is 0 Å². The van der Waals surface area contributed by atoms with Crippen LogP contribution in [0.2, 0.25) is 0 Å². The van der Waals surface area contributed by atoms with Gasteiger partial charge < -0.3 is 15.4 Å². The molecule has 1 aromatic heterocycles. The van der Waals surface area contributed by atoms with Crippen molar-refractivity contribution in [1.29, 1.82) is 0 Å². The van der Waals surface area contributed by atoms with Gasteiger partial charge in [-0.2, -0.15) is 0 Å². The fourth-order valence-electron chi connectivity index (χ4n) is 0.434. The Hall–Kier alpha value is -1.00. The third-order valence-corrected chi connectivity index (χ3v) is 0.802. The van der Waals surface area contributed by atoms with Crippen LogP contribution in [0.1, 0.15) is 0 Å². The van der Waals surface area contributed by atoms with Crippen LogP contribution in [-0.2, 0) is 0 Å². The van der Waals surface area contributed by atoms with Crippen LogP contribution in [0.4, 0.5) is 5.69 Å². The first-order valence-corrected chi connectivity index (χ1v) is 2.09. The van der Waals surface area contributed by atoms with Gasteiger partial charge in [0.05, 0.1) is 5.69 Å². The molecule has 0 spiro atoms. The second-order valence-electron chi connectivity index (χ2n) is 1.34. The predicted octanol–water partition coefficient (Wildman–Crippen LogP) is 0.708. The SMILES string of the molecule is [O-]N(O)c1cc[nH]c1. The van der Waals surface area contributed by atoms with E-state index in [1.807, 2.05) is 0 Å². The molecule has 0 saturated carbocycles. The second kappa shape index (κ2) is 1.85. The van der Waals surface area contributed by atoms with Crippen LogP contribution >= 0.6 is 0 Å². The average Bonchev–Trinajstić information content (AvgIpc) is 2.12. The number of anilines is 1. The molecule has 0 amide bonds. The van der Waals surface area contributed by atoms with Crippen molar-refractivity contribution in [1.82, 2.24) is 4.98 Å². The summed E-state index contributed by atoms with van der Waals surface area (Å²) in [6.45, 7) is 0. The number of nitrogens with one attached hydrogen (secondary N) is 1. The summed E-state index contributed by atoms with van der Waals surface area (Å²) in [4.78, 5) is 2.61. The molecule has 0 fully saturated rings. The van der Waals surface area contributed by atoms with Crippen LogP contribution in [0.5, 0.6) is 0 Å². The Kier molecular flexibility index (Phi) is 1.19. The van der Waals surface area contributed by atoms with E-state index in [9.17, 15) is 5.21 Å². The summed E-state index contributed by atoms with van der Waals surface area (Å²) in [5.74, 6) is 0. The molecule has 2 N–H and O–H groups in total. The standard InChI is InChI=1S/C4H5N2O2/c7-6(8)4-1-2-5-3-4/h1-3,5,7H/q-1. The Labute approximate surface area is 45.9 Å². The molecule has 0 unspecified atom stereocenters. The van der Waals surface area contributed by atoms with Crippen LogP contribution in [0, 0.1) is 5.21 Å². The van der Waals surface area contributed by atoms with Crippen LogP contribution in [0.3, 0.4) is 0 Å². The number of nitrogens with zero attached hydrogens (tertiary/aromatic N) is 1. The monoisotopic (exact) mass is 113 g/mol. The lowest BCUT2D eigenvalue weighted by molar-refractivity contribution is 0.296. The van der Waals surface area contributed by atoms with Crippen molar-refractivity contribution in [2.75, 3.05) is 5.23 Å². The fraction of sp³-hybridized carbons (Fsp3) is 0. The second-order valence-corrected chi connectivity index (χ2v) is 1.34. The molecule has 0 saturated heterocycles. The minimum atomic E-state index is -0.198. The number of H-pyrrole nitrogens is 1. The van der Waals surface area contributed by atoms with E-state index >= 15 is 0 Å². The number of hydrogen-bond donors (Lipinski definition) is 2. The van der Waals surface area contributed by atoms with Gasteiger partial charge in [-0.3, -0.25) is 5.21 Å². The molecule has 4 heteroatoms. The molecule has 0 bridgehead atoms. The highest BCUT2D eigenvalue weighted by Crippen LogP contribution is 2.06. The zero-order valence-corrected chi connectivity index (χ0v) is 4.03. The van der Waals surface area contributed by atoms with Gasteiger partial charge in [0.15, 0.2) is 0 Å². The first-order valence-electron chi connectivity index (χ1n) is 2.09. The van der Waals surface area contributed by atoms with E-state index in [4.69, 9.17) is 5.21 Å². The molecule has 8 heavy (non-hydrogen) atoms. The Morgan fingerprint density at radius 1 is 1.75 bits per heavy atom. The first kappa shape index (κ1) is 5.14. The molecule has 0 aliphatic heterocycles. The highest BCUT2D eigenvalue weighted by molar-refractivity contribution is 5.41. The molecule has 0 aliphatic carbocycles. The Morgan fingerprint density at radius 2 is 2.50 bits per heavy atom. The number of hydrogen-bond acceptors (Lipinski definition) is 3. The number of rotatable bonds is 1. The summed E-state index contributed by atoms with van der Waals surface area (Å²) < 4.78 is 0. The lowest BCUT2D eigenvalue weighted by atomic mass is 10.6. The first-order chi connectivity index (χ1) is 3.80. The smallest absolute Gasteiger partial charge is 0.0683 e. The van der Waals surface area contributed by atoms with E-state index in [0.717, 1.165) is 0 Å². The van der Waals surface area contributed by atoms with E-state index in [-0.39, 0.29) is 10.9 Å². The summed E-state index contributed by atoms with van der Waals surface area (Å²) in [5, 5.41) is 17.9. The highest BCUT2D eigenvalue weighted by Gasteiger charge is 1.86. The van der Waals surface area contributed by atoms with Crippen LogP contribution in [0.25, 0.3) is 0 Å². The van der Waals surface area contributed by atoms with E-state index in [2.05, 4.69) is 4.98 Å². The zero-order chi connectivity index (χ0) is 5.98. The minimum absolute atomic E-state index is 0.198. The highest BCUT2D eigenvalue weighted by atomic mass is 16.8. The molecular formula is C4H5N2O2-. The molecule has 0 atom stereocenters. The van der Waals surface area contributed by atoms with Gasteiger partial charge in [-0.25, -0.2) is 0 Å². The average molecular weight is 113 g/mol. The summed E-state index contributed by atoms with van der Waals surface area (Å²) >= 11 is 0. The van der Waals surface area contributed by atoms with Gasteiger partial charge in [-0.1, -0.05) is 0 Å². The van der Waals surface area contributed by atoms with Crippen LogP contribution in [-0.4, -0.2) is 10.2 Å². The summed E-state index contributed by atoms with van der Waals surface area (Å²) in [5.41, 5.74) is 0.213. The van der Waals surface area contributed by atoms with Crippen molar-refractivity contribution in [2.24, 2.45) is 0 Å². The molecule has 1 heterocycles. The third-order valence-electron chi connectivity index (χ3n) is 0.802.